The third-order valence-corrected chi connectivity index (χ3v) is 4.66. The topological polar surface area (TPSA) is 31.1 Å². The Hall–Kier alpha value is -1.32. The van der Waals surface area contributed by atoms with Crippen LogP contribution in [0.2, 0.25) is 0 Å². The van der Waals surface area contributed by atoms with E-state index in [1.165, 1.54) is 41.4 Å². The Bertz CT molecular complexity index is 585. The Morgan fingerprint density at radius 3 is 2.95 bits per heavy atom. The fourth-order valence-electron chi connectivity index (χ4n) is 3.11. The molecule has 0 saturated carbocycles. The van der Waals surface area contributed by atoms with Gasteiger partial charge in [0.2, 0.25) is 0 Å². The largest absolute Gasteiger partial charge is 0.357 e. The summed E-state index contributed by atoms with van der Waals surface area (Å²) in [5.74, 6) is 0. The maximum Gasteiger partial charge on any atom is 0.0476 e. The molecule has 0 bridgehead atoms. The van der Waals surface area contributed by atoms with Crippen molar-refractivity contribution in [3.63, 3.8) is 0 Å². The molecule has 20 heavy (non-hydrogen) atoms. The first kappa shape index (κ1) is 13.7. The number of nitrogens with one attached hydrogen (secondary N) is 2. The average Bonchev–Trinajstić information content (AvgIpc) is 2.83. The van der Waals surface area contributed by atoms with Crippen molar-refractivity contribution in [2.75, 3.05) is 20.6 Å². The van der Waals surface area contributed by atoms with Gasteiger partial charge in [-0.3, -0.25) is 0 Å². The quantitative estimate of drug-likeness (QED) is 0.895. The molecule has 2 aromatic rings. The highest BCUT2D eigenvalue weighted by molar-refractivity contribution is 5.85. The predicted octanol–water partition coefficient (Wildman–Crippen LogP) is 3.09. The molecule has 1 heterocycles. The van der Waals surface area contributed by atoms with Gasteiger partial charge in [-0.1, -0.05) is 18.2 Å². The molecular weight excluding hydrogens is 246 g/mol. The summed E-state index contributed by atoms with van der Waals surface area (Å²) >= 11 is 0. The van der Waals surface area contributed by atoms with E-state index in [4.69, 9.17) is 0 Å². The van der Waals surface area contributed by atoms with Gasteiger partial charge >= 0.3 is 0 Å². The van der Waals surface area contributed by atoms with E-state index in [0.717, 1.165) is 6.54 Å². The minimum absolute atomic E-state index is 0.480. The smallest absolute Gasteiger partial charge is 0.0476 e. The van der Waals surface area contributed by atoms with E-state index < -0.39 is 0 Å². The van der Waals surface area contributed by atoms with E-state index in [1.807, 2.05) is 0 Å². The number of aromatic amines is 1. The molecule has 2 unspecified atom stereocenters. The molecule has 0 radical (unpaired) electrons. The zero-order chi connectivity index (χ0) is 14.1. The summed E-state index contributed by atoms with van der Waals surface area (Å²) < 4.78 is 0. The van der Waals surface area contributed by atoms with Crippen LogP contribution in [0.1, 0.15) is 37.1 Å². The number of nitrogens with zero attached hydrogens (tertiary/aromatic N) is 1. The summed E-state index contributed by atoms with van der Waals surface area (Å²) in [5, 5.41) is 5.16. The molecule has 0 saturated heterocycles. The highest BCUT2D eigenvalue weighted by Crippen LogP contribution is 2.34. The van der Waals surface area contributed by atoms with Crippen LogP contribution in [0.25, 0.3) is 10.9 Å². The summed E-state index contributed by atoms with van der Waals surface area (Å²) in [6, 6.07) is 9.73. The molecule has 2 atom stereocenters. The molecule has 3 heteroatoms. The molecule has 3 nitrogen and oxygen atoms in total. The second-order valence-electron chi connectivity index (χ2n) is 6.23. The predicted molar refractivity (Wildman–Crippen MR) is 85.1 cm³/mol. The Labute approximate surface area is 121 Å². The van der Waals surface area contributed by atoms with Crippen LogP contribution in [0.4, 0.5) is 0 Å². The molecular formula is C17H25N3. The first-order chi connectivity index (χ1) is 9.66. The Morgan fingerprint density at radius 2 is 2.15 bits per heavy atom. The summed E-state index contributed by atoms with van der Waals surface area (Å²) in [5.41, 5.74) is 4.23. The number of likely N-dealkylation sites (N-methyl/N-ethyl adjacent to an activating group) is 1. The van der Waals surface area contributed by atoms with Crippen molar-refractivity contribution in [1.29, 1.82) is 0 Å². The van der Waals surface area contributed by atoms with E-state index in [2.05, 4.69) is 60.5 Å². The van der Waals surface area contributed by atoms with E-state index in [0.29, 0.717) is 12.1 Å². The van der Waals surface area contributed by atoms with Gasteiger partial charge < -0.3 is 15.2 Å². The van der Waals surface area contributed by atoms with Crippen LogP contribution >= 0.6 is 0 Å². The van der Waals surface area contributed by atoms with Gasteiger partial charge in [-0.05, 0) is 51.9 Å². The summed E-state index contributed by atoms with van der Waals surface area (Å²) in [6.07, 6.45) is 3.73. The van der Waals surface area contributed by atoms with Gasteiger partial charge in [0.15, 0.2) is 0 Å². The lowest BCUT2D eigenvalue weighted by Gasteiger charge is -2.27. The first-order valence-electron chi connectivity index (χ1n) is 7.66. The van der Waals surface area contributed by atoms with Crippen molar-refractivity contribution < 1.29 is 0 Å². The molecule has 1 aromatic carbocycles. The lowest BCUT2D eigenvalue weighted by molar-refractivity contribution is 0.287. The zero-order valence-corrected chi connectivity index (χ0v) is 12.7. The van der Waals surface area contributed by atoms with Crippen molar-refractivity contribution in [1.82, 2.24) is 15.2 Å². The van der Waals surface area contributed by atoms with Crippen molar-refractivity contribution in [3.8, 4) is 0 Å². The van der Waals surface area contributed by atoms with Crippen molar-refractivity contribution in [2.24, 2.45) is 0 Å². The number of rotatable bonds is 4. The van der Waals surface area contributed by atoms with Gasteiger partial charge in [-0.2, -0.15) is 0 Å². The molecule has 1 aliphatic carbocycles. The number of hydrogen-bond acceptors (Lipinski definition) is 2. The molecule has 0 aliphatic heterocycles. The van der Waals surface area contributed by atoms with Crippen LogP contribution in [0.15, 0.2) is 24.3 Å². The van der Waals surface area contributed by atoms with Crippen LogP contribution in [-0.4, -0.2) is 36.6 Å². The second kappa shape index (κ2) is 5.58. The molecule has 2 N–H and O–H groups in total. The Kier molecular flexibility index (Phi) is 3.81. The van der Waals surface area contributed by atoms with E-state index >= 15 is 0 Å². The number of para-hydroxylation sites is 1. The molecule has 1 aromatic heterocycles. The van der Waals surface area contributed by atoms with Crippen molar-refractivity contribution >= 4 is 10.9 Å². The summed E-state index contributed by atoms with van der Waals surface area (Å²) in [4.78, 5) is 5.91. The average molecular weight is 271 g/mol. The van der Waals surface area contributed by atoms with Gasteiger partial charge in [0.25, 0.3) is 0 Å². The molecule has 108 valence electrons. The highest BCUT2D eigenvalue weighted by atomic mass is 15.1. The summed E-state index contributed by atoms with van der Waals surface area (Å²) in [6.45, 7) is 3.30. The number of benzene rings is 1. The highest BCUT2D eigenvalue weighted by Gasteiger charge is 2.24. The third kappa shape index (κ3) is 2.48. The van der Waals surface area contributed by atoms with Crippen LogP contribution in [0.3, 0.4) is 0 Å². The van der Waals surface area contributed by atoms with Crippen LogP contribution in [0, 0.1) is 0 Å². The van der Waals surface area contributed by atoms with Gasteiger partial charge in [0.05, 0.1) is 0 Å². The van der Waals surface area contributed by atoms with Crippen LogP contribution < -0.4 is 5.32 Å². The standard InChI is InChI=1S/C17H25N3/c1-12(20(2)3)11-18-16-10-6-8-14-13-7-4-5-9-15(13)19-17(14)16/h4-5,7,9,12,16,18-19H,6,8,10-11H2,1-3H3. The molecule has 3 rings (SSSR count). The van der Waals surface area contributed by atoms with E-state index in [1.54, 1.807) is 0 Å². The minimum Gasteiger partial charge on any atom is -0.357 e. The Morgan fingerprint density at radius 1 is 1.35 bits per heavy atom. The number of H-pyrrole nitrogens is 1. The first-order valence-corrected chi connectivity index (χ1v) is 7.66. The van der Waals surface area contributed by atoms with Gasteiger partial charge in [0, 0.05) is 35.2 Å². The van der Waals surface area contributed by atoms with E-state index in [-0.39, 0.29) is 0 Å². The number of aromatic nitrogens is 1. The SMILES string of the molecule is CC(CNC1CCCc2c1[nH]c1ccccc21)N(C)C. The number of fused-ring (bicyclic) bond motifs is 3. The fourth-order valence-corrected chi connectivity index (χ4v) is 3.11. The Balaban J connectivity index is 1.83. The summed E-state index contributed by atoms with van der Waals surface area (Å²) in [7, 11) is 4.28. The maximum atomic E-state index is 3.75. The van der Waals surface area contributed by atoms with Gasteiger partial charge in [-0.25, -0.2) is 0 Å². The van der Waals surface area contributed by atoms with Crippen LogP contribution in [0.5, 0.6) is 0 Å². The molecule has 0 spiro atoms. The zero-order valence-electron chi connectivity index (χ0n) is 12.7. The fraction of sp³-hybridized carbons (Fsp3) is 0.529. The maximum absolute atomic E-state index is 3.75. The minimum atomic E-state index is 0.480. The normalized spacial score (nSPS) is 20.3. The monoisotopic (exact) mass is 271 g/mol. The number of aryl methyl sites for hydroxylation is 1. The second-order valence-corrected chi connectivity index (χ2v) is 6.23. The molecule has 0 amide bonds. The van der Waals surface area contributed by atoms with Crippen molar-refractivity contribution in [3.05, 3.63) is 35.5 Å². The number of hydrogen-bond donors (Lipinski definition) is 2. The molecule has 0 fully saturated rings. The van der Waals surface area contributed by atoms with Crippen molar-refractivity contribution in [2.45, 2.75) is 38.3 Å². The third-order valence-electron chi connectivity index (χ3n) is 4.66. The van der Waals surface area contributed by atoms with Gasteiger partial charge in [0.1, 0.15) is 0 Å². The van der Waals surface area contributed by atoms with E-state index in [9.17, 15) is 0 Å². The van der Waals surface area contributed by atoms with Crippen LogP contribution in [-0.2, 0) is 6.42 Å². The van der Waals surface area contributed by atoms with Gasteiger partial charge in [-0.15, -0.1) is 0 Å². The lowest BCUT2D eigenvalue weighted by Crippen LogP contribution is -2.38. The lowest BCUT2D eigenvalue weighted by atomic mass is 9.91. The molecule has 1 aliphatic rings.